The third-order valence-electron chi connectivity index (χ3n) is 3.69. The molecule has 1 aliphatic rings. The lowest BCUT2D eigenvalue weighted by molar-refractivity contribution is 0.292. The molecule has 0 spiro atoms. The van der Waals surface area contributed by atoms with Crippen molar-refractivity contribution in [3.63, 3.8) is 0 Å². The molecule has 0 aliphatic heterocycles. The minimum Gasteiger partial charge on any atom is -0.316 e. The SMILES string of the molecule is CCCC(C)C1(CNCC(C)C)CC1. The zero-order valence-electron chi connectivity index (χ0n) is 10.4. The van der Waals surface area contributed by atoms with E-state index in [0.717, 1.165) is 11.8 Å². The highest BCUT2D eigenvalue weighted by atomic mass is 14.9. The first-order valence-electron chi connectivity index (χ1n) is 6.31. The van der Waals surface area contributed by atoms with Crippen molar-refractivity contribution in [3.05, 3.63) is 0 Å². The van der Waals surface area contributed by atoms with E-state index in [1.54, 1.807) is 0 Å². The summed E-state index contributed by atoms with van der Waals surface area (Å²) < 4.78 is 0. The zero-order valence-corrected chi connectivity index (χ0v) is 10.4. The molecule has 1 heteroatoms. The number of hydrogen-bond donors (Lipinski definition) is 1. The molecule has 14 heavy (non-hydrogen) atoms. The summed E-state index contributed by atoms with van der Waals surface area (Å²) in [5.74, 6) is 1.71. The van der Waals surface area contributed by atoms with Gasteiger partial charge >= 0.3 is 0 Å². The van der Waals surface area contributed by atoms with Crippen molar-refractivity contribution in [1.29, 1.82) is 0 Å². The van der Waals surface area contributed by atoms with Crippen LogP contribution in [0.5, 0.6) is 0 Å². The maximum atomic E-state index is 3.63. The third kappa shape index (κ3) is 3.27. The molecular formula is C13H27N. The second-order valence-corrected chi connectivity index (χ2v) is 5.58. The summed E-state index contributed by atoms with van der Waals surface area (Å²) >= 11 is 0. The molecule has 0 bridgehead atoms. The molecule has 1 saturated carbocycles. The Morgan fingerprint density at radius 1 is 1.21 bits per heavy atom. The van der Waals surface area contributed by atoms with E-state index >= 15 is 0 Å². The Balaban J connectivity index is 2.21. The summed E-state index contributed by atoms with van der Waals surface area (Å²) in [6.45, 7) is 11.7. The first-order chi connectivity index (χ1) is 6.60. The molecule has 0 saturated heterocycles. The fourth-order valence-corrected chi connectivity index (χ4v) is 2.35. The Morgan fingerprint density at radius 3 is 2.29 bits per heavy atom. The molecule has 1 rings (SSSR count). The molecule has 0 aromatic rings. The Kier molecular flexibility index (Phi) is 4.43. The summed E-state index contributed by atoms with van der Waals surface area (Å²) in [6, 6.07) is 0. The van der Waals surface area contributed by atoms with Crippen LogP contribution in [0.25, 0.3) is 0 Å². The van der Waals surface area contributed by atoms with Gasteiger partial charge in [-0.1, -0.05) is 40.5 Å². The molecule has 0 heterocycles. The highest BCUT2D eigenvalue weighted by Crippen LogP contribution is 2.52. The highest BCUT2D eigenvalue weighted by molar-refractivity contribution is 4.98. The molecule has 0 radical (unpaired) electrons. The van der Waals surface area contributed by atoms with E-state index in [4.69, 9.17) is 0 Å². The molecule has 0 aromatic carbocycles. The number of hydrogen-bond acceptors (Lipinski definition) is 1. The van der Waals surface area contributed by atoms with Crippen molar-refractivity contribution in [2.45, 2.75) is 53.4 Å². The lowest BCUT2D eigenvalue weighted by atomic mass is 9.87. The van der Waals surface area contributed by atoms with Gasteiger partial charge in [0.25, 0.3) is 0 Å². The maximum absolute atomic E-state index is 3.63. The normalized spacial score (nSPS) is 21.2. The Hall–Kier alpha value is -0.0400. The van der Waals surface area contributed by atoms with E-state index in [-0.39, 0.29) is 0 Å². The topological polar surface area (TPSA) is 12.0 Å². The largest absolute Gasteiger partial charge is 0.316 e. The van der Waals surface area contributed by atoms with Gasteiger partial charge in [0, 0.05) is 6.54 Å². The van der Waals surface area contributed by atoms with E-state index in [1.807, 2.05) is 0 Å². The lowest BCUT2D eigenvalue weighted by Crippen LogP contribution is -2.31. The van der Waals surface area contributed by atoms with Crippen LogP contribution in [0.3, 0.4) is 0 Å². The number of rotatable bonds is 7. The standard InChI is InChI=1S/C13H27N/c1-5-6-12(4)13(7-8-13)10-14-9-11(2)3/h11-12,14H,5-10H2,1-4H3. The van der Waals surface area contributed by atoms with Crippen LogP contribution < -0.4 is 5.32 Å². The minimum atomic E-state index is 0.685. The van der Waals surface area contributed by atoms with Gasteiger partial charge in [-0.15, -0.1) is 0 Å². The minimum absolute atomic E-state index is 0.685. The van der Waals surface area contributed by atoms with Crippen LogP contribution in [-0.2, 0) is 0 Å². The van der Waals surface area contributed by atoms with Crippen LogP contribution in [0, 0.1) is 17.3 Å². The van der Waals surface area contributed by atoms with E-state index in [1.165, 1.54) is 38.8 Å². The van der Waals surface area contributed by atoms with Crippen LogP contribution in [-0.4, -0.2) is 13.1 Å². The molecular weight excluding hydrogens is 170 g/mol. The van der Waals surface area contributed by atoms with E-state index in [9.17, 15) is 0 Å². The molecule has 0 aromatic heterocycles. The quantitative estimate of drug-likeness (QED) is 0.659. The van der Waals surface area contributed by atoms with Crippen molar-refractivity contribution in [2.75, 3.05) is 13.1 Å². The summed E-state index contributed by atoms with van der Waals surface area (Å²) in [5.41, 5.74) is 0.685. The summed E-state index contributed by atoms with van der Waals surface area (Å²) in [4.78, 5) is 0. The zero-order chi connectivity index (χ0) is 10.6. The summed E-state index contributed by atoms with van der Waals surface area (Å²) in [7, 11) is 0. The molecule has 1 nitrogen and oxygen atoms in total. The third-order valence-corrected chi connectivity index (χ3v) is 3.69. The fourth-order valence-electron chi connectivity index (χ4n) is 2.35. The monoisotopic (exact) mass is 197 g/mol. The maximum Gasteiger partial charge on any atom is 0.00105 e. The van der Waals surface area contributed by atoms with Gasteiger partial charge < -0.3 is 5.32 Å². The van der Waals surface area contributed by atoms with Crippen LogP contribution in [0.1, 0.15) is 53.4 Å². The van der Waals surface area contributed by atoms with Gasteiger partial charge in [0.2, 0.25) is 0 Å². The van der Waals surface area contributed by atoms with Gasteiger partial charge in [-0.2, -0.15) is 0 Å². The lowest BCUT2D eigenvalue weighted by Gasteiger charge is -2.24. The smallest absolute Gasteiger partial charge is 0.00105 e. The van der Waals surface area contributed by atoms with Gasteiger partial charge in [-0.05, 0) is 36.6 Å². The number of nitrogens with one attached hydrogen (secondary N) is 1. The van der Waals surface area contributed by atoms with E-state index in [2.05, 4.69) is 33.0 Å². The van der Waals surface area contributed by atoms with Gasteiger partial charge in [-0.25, -0.2) is 0 Å². The molecule has 1 atom stereocenters. The van der Waals surface area contributed by atoms with Gasteiger partial charge in [0.1, 0.15) is 0 Å². The Morgan fingerprint density at radius 2 is 1.86 bits per heavy atom. The second kappa shape index (κ2) is 5.16. The Bertz CT molecular complexity index is 159. The molecule has 1 aliphatic carbocycles. The molecule has 1 fully saturated rings. The Labute approximate surface area is 89.7 Å². The summed E-state index contributed by atoms with van der Waals surface area (Å²) in [5, 5.41) is 3.63. The van der Waals surface area contributed by atoms with Crippen molar-refractivity contribution < 1.29 is 0 Å². The van der Waals surface area contributed by atoms with Crippen molar-refractivity contribution in [2.24, 2.45) is 17.3 Å². The average molecular weight is 197 g/mol. The van der Waals surface area contributed by atoms with Crippen LogP contribution in [0.4, 0.5) is 0 Å². The molecule has 84 valence electrons. The van der Waals surface area contributed by atoms with Gasteiger partial charge in [-0.3, -0.25) is 0 Å². The first-order valence-corrected chi connectivity index (χ1v) is 6.31. The van der Waals surface area contributed by atoms with Crippen LogP contribution in [0.2, 0.25) is 0 Å². The van der Waals surface area contributed by atoms with Crippen LogP contribution in [0.15, 0.2) is 0 Å². The van der Waals surface area contributed by atoms with Crippen molar-refractivity contribution >= 4 is 0 Å². The predicted octanol–water partition coefficient (Wildman–Crippen LogP) is 3.45. The van der Waals surface area contributed by atoms with Crippen molar-refractivity contribution in [3.8, 4) is 0 Å². The second-order valence-electron chi connectivity index (χ2n) is 5.58. The van der Waals surface area contributed by atoms with Crippen molar-refractivity contribution in [1.82, 2.24) is 5.32 Å². The highest BCUT2D eigenvalue weighted by Gasteiger charge is 2.45. The van der Waals surface area contributed by atoms with E-state index < -0.39 is 0 Å². The first kappa shape index (κ1) is 12.0. The molecule has 1 N–H and O–H groups in total. The van der Waals surface area contributed by atoms with Gasteiger partial charge in [0.05, 0.1) is 0 Å². The van der Waals surface area contributed by atoms with Gasteiger partial charge in [0.15, 0.2) is 0 Å². The van der Waals surface area contributed by atoms with Crippen LogP contribution >= 0.6 is 0 Å². The average Bonchev–Trinajstić information content (AvgIpc) is 2.85. The predicted molar refractivity (Wildman–Crippen MR) is 63.4 cm³/mol. The molecule has 1 unspecified atom stereocenters. The van der Waals surface area contributed by atoms with E-state index in [0.29, 0.717) is 5.41 Å². The summed E-state index contributed by atoms with van der Waals surface area (Å²) in [6.07, 6.45) is 5.66. The molecule has 0 amide bonds. The fraction of sp³-hybridized carbons (Fsp3) is 1.00.